The highest BCUT2D eigenvalue weighted by Gasteiger charge is 2.20. The molecule has 0 aliphatic carbocycles. The van der Waals surface area contributed by atoms with Gasteiger partial charge >= 0.3 is 0 Å². The Labute approximate surface area is 173 Å². The van der Waals surface area contributed by atoms with Gasteiger partial charge in [0.2, 0.25) is 17.6 Å². The summed E-state index contributed by atoms with van der Waals surface area (Å²) < 4.78 is 16.7. The second-order valence-corrected chi connectivity index (χ2v) is 8.06. The van der Waals surface area contributed by atoms with Gasteiger partial charge in [0.15, 0.2) is 0 Å². The third kappa shape index (κ3) is 5.54. The maximum Gasteiger partial charge on any atom is 0.279 e. The van der Waals surface area contributed by atoms with Gasteiger partial charge < -0.3 is 19.3 Å². The number of carbonyl (C=O) groups excluding carboxylic acids is 1. The maximum atomic E-state index is 11.8. The normalized spacial score (nSPS) is 12.2. The minimum Gasteiger partial charge on any atom is -0.491 e. The van der Waals surface area contributed by atoms with Crippen LogP contribution in [0.2, 0.25) is 0 Å². The van der Waals surface area contributed by atoms with Crippen molar-refractivity contribution in [3.8, 4) is 27.4 Å². The fourth-order valence-corrected chi connectivity index (χ4v) is 3.03. The summed E-state index contributed by atoms with van der Waals surface area (Å²) in [5.74, 6) is 1.98. The molecule has 0 saturated heterocycles. The van der Waals surface area contributed by atoms with Gasteiger partial charge in [-0.3, -0.25) is 4.79 Å². The summed E-state index contributed by atoms with van der Waals surface area (Å²) in [5, 5.41) is 7.28. The topological polar surface area (TPSA) is 99.4 Å². The summed E-state index contributed by atoms with van der Waals surface area (Å²) in [4.78, 5) is 21.1. The molecule has 1 amide bonds. The highest BCUT2D eigenvalue weighted by atomic mass is 32.1. The third-order valence-electron chi connectivity index (χ3n) is 3.80. The first-order valence-electron chi connectivity index (χ1n) is 9.36. The van der Waals surface area contributed by atoms with E-state index in [0.717, 1.165) is 5.75 Å². The molecule has 0 bridgehead atoms. The third-order valence-corrected chi connectivity index (χ3v) is 4.67. The summed E-state index contributed by atoms with van der Waals surface area (Å²) in [6.45, 7) is 9.40. The zero-order valence-electron chi connectivity index (χ0n) is 17.0. The van der Waals surface area contributed by atoms with Crippen molar-refractivity contribution in [1.29, 1.82) is 0 Å². The molecule has 3 rings (SSSR count). The van der Waals surface area contributed by atoms with Gasteiger partial charge in [-0.2, -0.15) is 4.98 Å². The van der Waals surface area contributed by atoms with Crippen molar-refractivity contribution >= 4 is 17.2 Å². The zero-order valence-corrected chi connectivity index (χ0v) is 17.8. The van der Waals surface area contributed by atoms with Gasteiger partial charge in [-0.1, -0.05) is 30.3 Å². The summed E-state index contributed by atoms with van der Waals surface area (Å²) in [6.07, 6.45) is 1.74. The number of hydrogen-bond donors (Lipinski definition) is 1. The molecule has 0 radical (unpaired) electrons. The number of carbonyl (C=O) groups is 1. The number of nitrogens with one attached hydrogen (secondary N) is 1. The van der Waals surface area contributed by atoms with Gasteiger partial charge in [-0.15, -0.1) is 0 Å². The van der Waals surface area contributed by atoms with Crippen molar-refractivity contribution in [2.24, 2.45) is 5.92 Å². The predicted octanol–water partition coefficient (Wildman–Crippen LogP) is 4.61. The van der Waals surface area contributed by atoms with E-state index in [0.29, 0.717) is 27.5 Å². The van der Waals surface area contributed by atoms with E-state index in [4.69, 9.17) is 14.0 Å². The van der Waals surface area contributed by atoms with E-state index in [1.54, 1.807) is 13.1 Å². The van der Waals surface area contributed by atoms with Gasteiger partial charge in [0.1, 0.15) is 17.5 Å². The molecule has 1 N–H and O–H groups in total. The molecule has 29 heavy (non-hydrogen) atoms. The first kappa shape index (κ1) is 20.8. The smallest absolute Gasteiger partial charge is 0.279 e. The molecule has 0 spiro atoms. The van der Waals surface area contributed by atoms with Crippen LogP contribution in [-0.2, 0) is 4.79 Å². The number of aromatic nitrogens is 3. The Morgan fingerprint density at radius 1 is 1.10 bits per heavy atom. The Bertz CT molecular complexity index is 950. The summed E-state index contributed by atoms with van der Waals surface area (Å²) in [6, 6.07) is 6.97. The molecule has 2 heterocycles. The van der Waals surface area contributed by atoms with E-state index in [9.17, 15) is 4.79 Å². The molecule has 2 aromatic heterocycles. The Hall–Kier alpha value is -2.94. The van der Waals surface area contributed by atoms with Crippen LogP contribution in [0, 0.1) is 5.92 Å². The lowest BCUT2D eigenvalue weighted by molar-refractivity contribution is -0.124. The molecule has 154 valence electrons. The number of ether oxygens (including phenoxy) is 2. The van der Waals surface area contributed by atoms with Gasteiger partial charge in [0, 0.05) is 5.92 Å². The van der Waals surface area contributed by atoms with Crippen molar-refractivity contribution in [2.75, 3.05) is 0 Å². The molecule has 8 nitrogen and oxygen atoms in total. The van der Waals surface area contributed by atoms with Crippen molar-refractivity contribution in [2.45, 2.75) is 46.8 Å². The lowest BCUT2D eigenvalue weighted by Crippen LogP contribution is -2.30. The Morgan fingerprint density at radius 2 is 1.79 bits per heavy atom. The number of thiazole rings is 1. The van der Waals surface area contributed by atoms with E-state index in [1.807, 2.05) is 52.0 Å². The number of hydrogen-bond acceptors (Lipinski definition) is 8. The number of nitrogens with zero attached hydrogens (tertiary/aromatic N) is 3. The van der Waals surface area contributed by atoms with E-state index in [-0.39, 0.29) is 24.0 Å². The van der Waals surface area contributed by atoms with Crippen molar-refractivity contribution in [3.05, 3.63) is 36.4 Å². The Kier molecular flexibility index (Phi) is 6.48. The lowest BCUT2D eigenvalue weighted by atomic mass is 10.2. The number of amides is 1. The summed E-state index contributed by atoms with van der Waals surface area (Å²) in [5.41, 5.74) is 0. The summed E-state index contributed by atoms with van der Waals surface area (Å²) >= 11 is 1.30. The van der Waals surface area contributed by atoms with Gasteiger partial charge in [-0.25, -0.2) is 4.98 Å². The average Bonchev–Trinajstić information content (AvgIpc) is 3.32. The van der Waals surface area contributed by atoms with Crippen LogP contribution in [0.5, 0.6) is 16.7 Å². The molecule has 1 aromatic carbocycles. The number of benzene rings is 1. The second-order valence-electron chi connectivity index (χ2n) is 7.07. The first-order chi connectivity index (χ1) is 13.8. The van der Waals surface area contributed by atoms with Crippen LogP contribution in [0.3, 0.4) is 0 Å². The fourth-order valence-electron chi connectivity index (χ4n) is 2.32. The minimum absolute atomic E-state index is 0.0736. The molecule has 3 aromatic rings. The molecule has 0 fully saturated rings. The van der Waals surface area contributed by atoms with Crippen LogP contribution >= 0.6 is 11.3 Å². The van der Waals surface area contributed by atoms with Crippen molar-refractivity contribution < 1.29 is 18.8 Å². The van der Waals surface area contributed by atoms with Crippen molar-refractivity contribution in [1.82, 2.24) is 20.4 Å². The van der Waals surface area contributed by atoms with Gasteiger partial charge in [0.25, 0.3) is 5.19 Å². The van der Waals surface area contributed by atoms with Gasteiger partial charge in [0.05, 0.1) is 17.2 Å². The van der Waals surface area contributed by atoms with Crippen LogP contribution < -0.4 is 14.8 Å². The molecule has 0 aliphatic rings. The highest BCUT2D eigenvalue weighted by molar-refractivity contribution is 7.16. The van der Waals surface area contributed by atoms with Crippen LogP contribution in [0.25, 0.3) is 10.7 Å². The van der Waals surface area contributed by atoms with E-state index < -0.39 is 0 Å². The van der Waals surface area contributed by atoms with Crippen LogP contribution in [0.15, 0.2) is 35.0 Å². The van der Waals surface area contributed by atoms with E-state index in [1.165, 1.54) is 11.3 Å². The van der Waals surface area contributed by atoms with E-state index >= 15 is 0 Å². The molecule has 0 aliphatic heterocycles. The fraction of sp³-hybridized carbons (Fsp3) is 0.400. The predicted molar refractivity (Wildman–Crippen MR) is 109 cm³/mol. The Morgan fingerprint density at radius 3 is 2.45 bits per heavy atom. The molecule has 1 unspecified atom stereocenters. The molecule has 1 atom stereocenters. The van der Waals surface area contributed by atoms with Crippen LogP contribution in [-0.4, -0.2) is 27.1 Å². The summed E-state index contributed by atoms with van der Waals surface area (Å²) in [7, 11) is 0. The molecular formula is C20H24N4O4S. The minimum atomic E-state index is -0.374. The SMILES string of the molecule is CC(C)Oc1ccc(Oc2ncc(-c3noc(C(C)NC(=O)C(C)C)n3)s2)cc1. The molecule has 0 saturated carbocycles. The first-order valence-corrected chi connectivity index (χ1v) is 10.2. The van der Waals surface area contributed by atoms with Gasteiger partial charge in [-0.05, 0) is 45.0 Å². The molecule has 9 heteroatoms. The average molecular weight is 417 g/mol. The van der Waals surface area contributed by atoms with E-state index in [2.05, 4.69) is 20.4 Å². The zero-order chi connectivity index (χ0) is 21.0. The van der Waals surface area contributed by atoms with Crippen LogP contribution in [0.1, 0.15) is 46.6 Å². The molecular weight excluding hydrogens is 392 g/mol. The quantitative estimate of drug-likeness (QED) is 0.572. The standard InChI is InChI=1S/C20H24N4O4S/c1-11(2)18(25)22-13(5)19-23-17(24-28-19)16-10-21-20(29-16)27-15-8-6-14(7-9-15)26-12(3)4/h6-13H,1-5H3,(H,22,25). The second kappa shape index (κ2) is 9.04. The Balaban J connectivity index is 1.64. The van der Waals surface area contributed by atoms with Crippen LogP contribution in [0.4, 0.5) is 0 Å². The lowest BCUT2D eigenvalue weighted by Gasteiger charge is -2.11. The van der Waals surface area contributed by atoms with Crippen molar-refractivity contribution in [3.63, 3.8) is 0 Å². The maximum absolute atomic E-state index is 11.8. The largest absolute Gasteiger partial charge is 0.491 e. The monoisotopic (exact) mass is 416 g/mol. The highest BCUT2D eigenvalue weighted by Crippen LogP contribution is 2.32. The number of rotatable bonds is 8.